The monoisotopic (exact) mass is 582 g/mol. The summed E-state index contributed by atoms with van der Waals surface area (Å²) in [6, 6.07) is 15.7. The molecule has 0 spiro atoms. The number of carbonyl (C=O) groups excluding carboxylic acids is 1. The zero-order valence-electron chi connectivity index (χ0n) is 26.1. The summed E-state index contributed by atoms with van der Waals surface area (Å²) < 4.78 is 17.6. The predicted molar refractivity (Wildman–Crippen MR) is 164 cm³/mol. The third-order valence-corrected chi connectivity index (χ3v) is 8.19. The van der Waals surface area contributed by atoms with Crippen LogP contribution in [-0.2, 0) is 15.1 Å². The number of carbonyl (C=O) groups is 1. The fourth-order valence-corrected chi connectivity index (χ4v) is 6.07. The molecule has 0 saturated carbocycles. The number of rotatable bonds is 11. The fourth-order valence-electron chi connectivity index (χ4n) is 6.07. The zero-order valence-corrected chi connectivity index (χ0v) is 26.1. The van der Waals surface area contributed by atoms with Gasteiger partial charge in [0.2, 0.25) is 0 Å². The minimum Gasteiger partial charge on any atom is -0.457 e. The normalized spacial score (nSPS) is 21.6. The largest absolute Gasteiger partial charge is 0.457 e. The molecule has 232 valence electrons. The molecule has 9 heteroatoms. The van der Waals surface area contributed by atoms with Gasteiger partial charge in [-0.05, 0) is 83.9 Å². The summed E-state index contributed by atoms with van der Waals surface area (Å²) in [7, 11) is 1.70. The molecule has 1 amide bonds. The molecule has 2 heterocycles. The minimum atomic E-state index is -1.19. The van der Waals surface area contributed by atoms with Crippen LogP contribution in [0.4, 0.5) is 4.79 Å². The van der Waals surface area contributed by atoms with E-state index in [1.54, 1.807) is 12.2 Å². The van der Waals surface area contributed by atoms with E-state index in [1.807, 2.05) is 86.2 Å². The lowest BCUT2D eigenvalue weighted by molar-refractivity contribution is -0.188. The third kappa shape index (κ3) is 8.02. The van der Waals surface area contributed by atoms with Crippen LogP contribution in [0.3, 0.4) is 0 Å². The summed E-state index contributed by atoms with van der Waals surface area (Å²) in [5.74, 6) is 1.25. The number of hydrogen-bond acceptors (Lipinski definition) is 8. The highest BCUT2D eigenvalue weighted by molar-refractivity contribution is 5.67. The van der Waals surface area contributed by atoms with Crippen molar-refractivity contribution in [1.82, 2.24) is 15.1 Å². The number of para-hydroxylation sites is 2. The van der Waals surface area contributed by atoms with E-state index in [9.17, 15) is 9.90 Å². The van der Waals surface area contributed by atoms with Gasteiger partial charge in [0.15, 0.2) is 0 Å². The molecule has 2 fully saturated rings. The Morgan fingerprint density at radius 3 is 2.36 bits per heavy atom. The molecule has 9 nitrogen and oxygen atoms in total. The molecule has 2 aliphatic rings. The number of piperidine rings is 1. The van der Waals surface area contributed by atoms with Gasteiger partial charge >= 0.3 is 6.09 Å². The van der Waals surface area contributed by atoms with E-state index in [1.165, 1.54) is 0 Å². The second-order valence-corrected chi connectivity index (χ2v) is 12.7. The first-order chi connectivity index (χ1) is 20.0. The lowest BCUT2D eigenvalue weighted by Gasteiger charge is -2.48. The van der Waals surface area contributed by atoms with Crippen molar-refractivity contribution in [3.63, 3.8) is 0 Å². The Morgan fingerprint density at radius 2 is 1.69 bits per heavy atom. The highest BCUT2D eigenvalue weighted by Gasteiger charge is 2.45. The van der Waals surface area contributed by atoms with Gasteiger partial charge in [-0.2, -0.15) is 15.1 Å². The Hall–Kier alpha value is -2.69. The van der Waals surface area contributed by atoms with Gasteiger partial charge in [0.25, 0.3) is 0 Å². The van der Waals surface area contributed by atoms with Gasteiger partial charge in [-0.25, -0.2) is 4.79 Å². The van der Waals surface area contributed by atoms with Crippen LogP contribution in [0.2, 0.25) is 0 Å². The van der Waals surface area contributed by atoms with Gasteiger partial charge in [-0.3, -0.25) is 0 Å². The van der Waals surface area contributed by atoms with Crippen molar-refractivity contribution in [3.8, 4) is 11.5 Å². The van der Waals surface area contributed by atoms with Crippen LogP contribution in [0.25, 0.3) is 0 Å². The molecular formula is C33H50N4O5. The van der Waals surface area contributed by atoms with Crippen LogP contribution in [0.15, 0.2) is 48.5 Å². The van der Waals surface area contributed by atoms with Crippen LogP contribution >= 0.6 is 0 Å². The Labute approximate surface area is 251 Å². The maximum atomic E-state index is 13.6. The third-order valence-electron chi connectivity index (χ3n) is 8.19. The number of methoxy groups -OCH3 is 1. The number of nitrogens with zero attached hydrogens (tertiary/aromatic N) is 3. The molecule has 2 aliphatic heterocycles. The summed E-state index contributed by atoms with van der Waals surface area (Å²) in [5, 5.41) is 18.5. The van der Waals surface area contributed by atoms with E-state index in [0.29, 0.717) is 45.0 Å². The highest BCUT2D eigenvalue weighted by atomic mass is 16.6. The van der Waals surface area contributed by atoms with Crippen molar-refractivity contribution in [2.45, 2.75) is 83.5 Å². The van der Waals surface area contributed by atoms with Gasteiger partial charge in [0.1, 0.15) is 17.1 Å². The van der Waals surface area contributed by atoms with Crippen LogP contribution in [0.5, 0.6) is 11.5 Å². The highest BCUT2D eigenvalue weighted by Crippen LogP contribution is 2.45. The average molecular weight is 583 g/mol. The lowest BCUT2D eigenvalue weighted by Crippen LogP contribution is -2.61. The predicted octanol–water partition coefficient (Wildman–Crippen LogP) is 5.60. The van der Waals surface area contributed by atoms with Crippen molar-refractivity contribution in [3.05, 3.63) is 59.7 Å². The summed E-state index contributed by atoms with van der Waals surface area (Å²) in [6.45, 7) is 10.7. The number of amides is 1. The van der Waals surface area contributed by atoms with E-state index < -0.39 is 17.3 Å². The van der Waals surface area contributed by atoms with Gasteiger partial charge < -0.3 is 25.1 Å². The fraction of sp³-hybridized carbons (Fsp3) is 0.606. The average Bonchev–Trinajstić information content (AvgIpc) is 3.37. The minimum absolute atomic E-state index is 0.00119. The number of hydrogen-bond donors (Lipinski definition) is 2. The Bertz CT molecular complexity index is 1170. The molecule has 2 aromatic rings. The molecule has 0 bridgehead atoms. The summed E-state index contributed by atoms with van der Waals surface area (Å²) >= 11 is 0. The first-order valence-electron chi connectivity index (χ1n) is 15.3. The first-order valence-corrected chi connectivity index (χ1v) is 15.3. The molecule has 2 saturated heterocycles. The number of benzene rings is 2. The second-order valence-electron chi connectivity index (χ2n) is 12.7. The second kappa shape index (κ2) is 14.2. The van der Waals surface area contributed by atoms with E-state index >= 15 is 0 Å². The van der Waals surface area contributed by atoms with Crippen LogP contribution in [0, 0.1) is 12.8 Å². The van der Waals surface area contributed by atoms with Crippen molar-refractivity contribution < 1.29 is 24.1 Å². The number of ether oxygens (including phenoxy) is 3. The SMILES string of the molecule is COCCCC[C@@](O)(c1ccccc1Oc1ccccc1C)[C@@H]1CCCN(N(C(=O)OC(C)(C)C)N2CC[C@H](N)C2)C1. The molecule has 2 aromatic carbocycles. The zero-order chi connectivity index (χ0) is 30.3. The van der Waals surface area contributed by atoms with Gasteiger partial charge in [0, 0.05) is 57.4 Å². The van der Waals surface area contributed by atoms with E-state index in [-0.39, 0.29) is 12.0 Å². The molecule has 3 N–H and O–H groups in total. The van der Waals surface area contributed by atoms with E-state index in [0.717, 1.165) is 49.0 Å². The maximum Gasteiger partial charge on any atom is 0.440 e. The number of aryl methyl sites for hydroxylation is 1. The van der Waals surface area contributed by atoms with Crippen molar-refractivity contribution in [2.75, 3.05) is 39.9 Å². The first kappa shape index (κ1) is 32.2. The number of unbranched alkanes of at least 4 members (excludes halogenated alkanes) is 1. The van der Waals surface area contributed by atoms with Crippen molar-refractivity contribution >= 4 is 6.09 Å². The molecule has 42 heavy (non-hydrogen) atoms. The topological polar surface area (TPSA) is 101 Å². The Morgan fingerprint density at radius 1 is 1.00 bits per heavy atom. The molecule has 0 aromatic heterocycles. The van der Waals surface area contributed by atoms with Crippen LogP contribution in [-0.4, -0.2) is 77.9 Å². The quantitative estimate of drug-likeness (QED) is 0.330. The molecule has 3 atom stereocenters. The number of hydrazine groups is 2. The van der Waals surface area contributed by atoms with Gasteiger partial charge in [0.05, 0.1) is 5.60 Å². The molecule has 0 unspecified atom stereocenters. The van der Waals surface area contributed by atoms with Crippen LogP contribution < -0.4 is 10.5 Å². The Kier molecular flexibility index (Phi) is 10.9. The van der Waals surface area contributed by atoms with Crippen molar-refractivity contribution in [2.24, 2.45) is 11.7 Å². The Balaban J connectivity index is 1.67. The molecular weight excluding hydrogens is 532 g/mol. The summed E-state index contributed by atoms with van der Waals surface area (Å²) in [5.41, 5.74) is 6.23. The number of aliphatic hydroxyl groups is 1. The van der Waals surface area contributed by atoms with Gasteiger partial charge in [-0.15, -0.1) is 0 Å². The van der Waals surface area contributed by atoms with E-state index in [4.69, 9.17) is 19.9 Å². The standard InChI is InChI=1S/C33H50N4O5/c1-25-13-6-8-16-29(25)41-30-17-9-7-15-28(30)33(39,19-10-11-22-40-5)26-14-12-20-35(23-26)37(31(38)42-32(2,3)4)36-21-18-27(34)24-36/h6-9,13,15-17,26-27,39H,10-12,14,18-24,34H2,1-5H3/t26-,27+,33+/m1/s1. The summed E-state index contributed by atoms with van der Waals surface area (Å²) in [4.78, 5) is 13.6. The number of nitrogens with two attached hydrogens (primary N) is 1. The lowest BCUT2D eigenvalue weighted by atomic mass is 9.74. The maximum absolute atomic E-state index is 13.6. The summed E-state index contributed by atoms with van der Waals surface area (Å²) in [6.07, 6.45) is 4.21. The van der Waals surface area contributed by atoms with Crippen molar-refractivity contribution in [1.29, 1.82) is 0 Å². The molecule has 0 radical (unpaired) electrons. The molecule has 4 rings (SSSR count). The van der Waals surface area contributed by atoms with Gasteiger partial charge in [-0.1, -0.05) is 36.4 Å². The van der Waals surface area contributed by atoms with E-state index in [2.05, 4.69) is 0 Å². The van der Waals surface area contributed by atoms with Crippen LogP contribution in [0.1, 0.15) is 70.4 Å². The smallest absolute Gasteiger partial charge is 0.440 e. The molecule has 0 aliphatic carbocycles.